The second kappa shape index (κ2) is 7.21. The van der Waals surface area contributed by atoms with E-state index in [0.29, 0.717) is 11.6 Å². The zero-order chi connectivity index (χ0) is 20.8. The van der Waals surface area contributed by atoms with Gasteiger partial charge >= 0.3 is 0 Å². The number of aryl methyl sites for hydroxylation is 1. The highest BCUT2D eigenvalue weighted by Crippen LogP contribution is 2.38. The van der Waals surface area contributed by atoms with Crippen molar-refractivity contribution in [1.82, 2.24) is 29.6 Å². The molecule has 0 bridgehead atoms. The summed E-state index contributed by atoms with van der Waals surface area (Å²) in [7, 11) is 1.87. The van der Waals surface area contributed by atoms with Crippen molar-refractivity contribution in [2.75, 3.05) is 18.0 Å². The summed E-state index contributed by atoms with van der Waals surface area (Å²) in [5.74, 6) is 0.570. The number of aromatic nitrogens is 5. The molecule has 4 aromatic rings. The molecule has 1 aliphatic rings. The first-order valence-electron chi connectivity index (χ1n) is 10.1. The van der Waals surface area contributed by atoms with Crippen molar-refractivity contribution in [3.63, 3.8) is 0 Å². The van der Waals surface area contributed by atoms with E-state index in [0.717, 1.165) is 41.2 Å². The second-order valence-corrected chi connectivity index (χ2v) is 7.97. The lowest BCUT2D eigenvalue weighted by atomic mass is 10.0. The zero-order valence-corrected chi connectivity index (χ0v) is 17.2. The first-order chi connectivity index (χ1) is 14.5. The number of nitrogens with zero attached hydrogens (tertiary/aromatic N) is 6. The molecule has 1 N–H and O–H groups in total. The molecule has 4 heterocycles. The first kappa shape index (κ1) is 18.7. The highest BCUT2D eigenvalue weighted by molar-refractivity contribution is 6.02. The monoisotopic (exact) mass is 405 g/mol. The van der Waals surface area contributed by atoms with Gasteiger partial charge in [-0.3, -0.25) is 9.25 Å². The summed E-state index contributed by atoms with van der Waals surface area (Å²) in [6.45, 7) is 6.02. The summed E-state index contributed by atoms with van der Waals surface area (Å²) in [5, 5.41) is 8.65. The highest BCUT2D eigenvalue weighted by atomic mass is 19.1. The van der Waals surface area contributed by atoms with Gasteiger partial charge in [0.15, 0.2) is 5.65 Å². The molecule has 7 nitrogen and oxygen atoms in total. The van der Waals surface area contributed by atoms with Crippen molar-refractivity contribution in [2.45, 2.75) is 25.9 Å². The van der Waals surface area contributed by atoms with Crippen LogP contribution in [0.5, 0.6) is 0 Å². The number of nitrogens with one attached hydrogen (secondary N) is 1. The third-order valence-electron chi connectivity index (χ3n) is 5.73. The SMILES string of the molecule is C[C@@H]1CN(c2ncnc3c2c(-c2ccccc2F)cn3-c2cnn(C)c2)[C@@H](C)CN1. The van der Waals surface area contributed by atoms with Crippen LogP contribution in [0.4, 0.5) is 10.2 Å². The van der Waals surface area contributed by atoms with Gasteiger partial charge in [-0.2, -0.15) is 5.10 Å². The molecule has 154 valence electrons. The Morgan fingerprint density at radius 3 is 2.70 bits per heavy atom. The van der Waals surface area contributed by atoms with E-state index < -0.39 is 0 Å². The van der Waals surface area contributed by atoms with Crippen molar-refractivity contribution < 1.29 is 4.39 Å². The summed E-state index contributed by atoms with van der Waals surface area (Å²) >= 11 is 0. The largest absolute Gasteiger partial charge is 0.350 e. The van der Waals surface area contributed by atoms with Crippen molar-refractivity contribution >= 4 is 16.9 Å². The fraction of sp³-hybridized carbons (Fsp3) is 0.318. The molecule has 0 radical (unpaired) electrons. The number of rotatable bonds is 3. The average molecular weight is 405 g/mol. The maximum atomic E-state index is 14.8. The van der Waals surface area contributed by atoms with E-state index in [-0.39, 0.29) is 11.9 Å². The predicted molar refractivity (Wildman–Crippen MR) is 115 cm³/mol. The van der Waals surface area contributed by atoms with Crippen molar-refractivity contribution in [1.29, 1.82) is 0 Å². The Bertz CT molecular complexity index is 1210. The van der Waals surface area contributed by atoms with Gasteiger partial charge in [-0.25, -0.2) is 14.4 Å². The second-order valence-electron chi connectivity index (χ2n) is 7.97. The summed E-state index contributed by atoms with van der Waals surface area (Å²) in [5.41, 5.74) is 2.93. The molecule has 2 atom stereocenters. The van der Waals surface area contributed by atoms with E-state index in [1.165, 1.54) is 6.07 Å². The lowest BCUT2D eigenvalue weighted by Crippen LogP contribution is -2.54. The number of benzene rings is 1. The third-order valence-corrected chi connectivity index (χ3v) is 5.73. The van der Waals surface area contributed by atoms with Crippen LogP contribution in [-0.2, 0) is 7.05 Å². The molecule has 3 aromatic heterocycles. The summed E-state index contributed by atoms with van der Waals surface area (Å²) in [6, 6.07) is 7.44. The number of anilines is 1. The molecule has 0 unspecified atom stereocenters. The lowest BCUT2D eigenvalue weighted by Gasteiger charge is -2.38. The number of halogens is 1. The summed E-state index contributed by atoms with van der Waals surface area (Å²) in [6.07, 6.45) is 7.23. The Morgan fingerprint density at radius 1 is 1.10 bits per heavy atom. The smallest absolute Gasteiger partial charge is 0.150 e. The maximum Gasteiger partial charge on any atom is 0.150 e. The Hall–Kier alpha value is -3.26. The van der Waals surface area contributed by atoms with E-state index in [1.54, 1.807) is 29.3 Å². The molecule has 0 saturated carbocycles. The topological polar surface area (TPSA) is 63.8 Å². The minimum atomic E-state index is -0.265. The molecule has 1 aromatic carbocycles. The molecule has 0 aliphatic carbocycles. The molecular formula is C22H24FN7. The van der Waals surface area contributed by atoms with Gasteiger partial charge in [0.25, 0.3) is 0 Å². The summed E-state index contributed by atoms with van der Waals surface area (Å²) < 4.78 is 18.5. The standard InChI is InChI=1S/C22H24FN7/c1-14-10-29(15(2)8-24-14)21-20-18(17-6-4-5-7-19(17)23)12-30(22(20)26-13-25-21)16-9-27-28(3)11-16/h4-7,9,11-15,24H,8,10H2,1-3H3/t14-,15+/m1/s1. The normalized spacial score (nSPS) is 19.5. The summed E-state index contributed by atoms with van der Waals surface area (Å²) in [4.78, 5) is 11.6. The third kappa shape index (κ3) is 3.04. The lowest BCUT2D eigenvalue weighted by molar-refractivity contribution is 0.423. The van der Waals surface area contributed by atoms with Crippen LogP contribution in [0.1, 0.15) is 13.8 Å². The van der Waals surface area contributed by atoms with Crippen LogP contribution in [0.3, 0.4) is 0 Å². The van der Waals surface area contributed by atoms with E-state index >= 15 is 0 Å². The van der Waals surface area contributed by atoms with E-state index in [9.17, 15) is 4.39 Å². The number of fused-ring (bicyclic) bond motifs is 1. The quantitative estimate of drug-likeness (QED) is 0.567. The van der Waals surface area contributed by atoms with Gasteiger partial charge in [0, 0.05) is 55.7 Å². The first-order valence-corrected chi connectivity index (χ1v) is 10.1. The molecule has 0 spiro atoms. The molecule has 1 aliphatic heterocycles. The van der Waals surface area contributed by atoms with Crippen molar-refractivity contribution in [2.24, 2.45) is 7.05 Å². The Kier molecular flexibility index (Phi) is 4.51. The molecular weight excluding hydrogens is 381 g/mol. The van der Waals surface area contributed by atoms with Gasteiger partial charge in [0.05, 0.1) is 17.3 Å². The van der Waals surface area contributed by atoms with E-state index in [1.807, 2.05) is 30.1 Å². The maximum absolute atomic E-state index is 14.8. The van der Waals surface area contributed by atoms with Crippen LogP contribution in [0, 0.1) is 5.82 Å². The molecule has 8 heteroatoms. The predicted octanol–water partition coefficient (Wildman–Crippen LogP) is 3.15. The van der Waals surface area contributed by atoms with E-state index in [4.69, 9.17) is 0 Å². The van der Waals surface area contributed by atoms with Crippen molar-refractivity contribution in [3.8, 4) is 16.8 Å². The minimum absolute atomic E-state index is 0.259. The van der Waals surface area contributed by atoms with Crippen LogP contribution >= 0.6 is 0 Å². The fourth-order valence-corrected chi connectivity index (χ4v) is 4.19. The highest BCUT2D eigenvalue weighted by Gasteiger charge is 2.28. The van der Waals surface area contributed by atoms with Crippen LogP contribution in [0.25, 0.3) is 27.8 Å². The molecule has 1 fully saturated rings. The minimum Gasteiger partial charge on any atom is -0.350 e. The van der Waals surface area contributed by atoms with Crippen LogP contribution in [0.2, 0.25) is 0 Å². The Balaban J connectivity index is 1.80. The van der Waals surface area contributed by atoms with Crippen LogP contribution in [0.15, 0.2) is 49.2 Å². The van der Waals surface area contributed by atoms with Crippen LogP contribution < -0.4 is 10.2 Å². The zero-order valence-electron chi connectivity index (χ0n) is 17.2. The van der Waals surface area contributed by atoms with E-state index in [2.05, 4.69) is 39.1 Å². The average Bonchev–Trinajstić information content (AvgIpc) is 3.34. The van der Waals surface area contributed by atoms with Gasteiger partial charge in [-0.15, -0.1) is 0 Å². The van der Waals surface area contributed by atoms with Gasteiger partial charge in [-0.1, -0.05) is 18.2 Å². The molecule has 1 saturated heterocycles. The fourth-order valence-electron chi connectivity index (χ4n) is 4.19. The molecule has 30 heavy (non-hydrogen) atoms. The van der Waals surface area contributed by atoms with Gasteiger partial charge in [0.2, 0.25) is 0 Å². The van der Waals surface area contributed by atoms with Crippen molar-refractivity contribution in [3.05, 3.63) is 55.0 Å². The number of hydrogen-bond acceptors (Lipinski definition) is 5. The van der Waals surface area contributed by atoms with Gasteiger partial charge in [-0.05, 0) is 19.9 Å². The van der Waals surface area contributed by atoms with Crippen LogP contribution in [-0.4, -0.2) is 49.5 Å². The van der Waals surface area contributed by atoms with Gasteiger partial charge in [0.1, 0.15) is 18.0 Å². The van der Waals surface area contributed by atoms with Gasteiger partial charge < -0.3 is 10.2 Å². The number of piperazine rings is 1. The molecule has 0 amide bonds. The Morgan fingerprint density at radius 2 is 1.93 bits per heavy atom. The Labute approximate surface area is 174 Å². The number of hydrogen-bond donors (Lipinski definition) is 1. The molecule has 5 rings (SSSR count).